The summed E-state index contributed by atoms with van der Waals surface area (Å²) in [4.78, 5) is 27.5. The van der Waals surface area contributed by atoms with Gasteiger partial charge in [-0.2, -0.15) is 0 Å². The molecule has 1 heterocycles. The lowest BCUT2D eigenvalue weighted by atomic mass is 10.1. The van der Waals surface area contributed by atoms with E-state index in [9.17, 15) is 22.8 Å². The molecule has 0 unspecified atom stereocenters. The Kier molecular flexibility index (Phi) is 4.28. The zero-order chi connectivity index (χ0) is 16.6. The number of carbonyl (C=O) groups excluding carboxylic acids is 2. The predicted molar refractivity (Wildman–Crippen MR) is 76.1 cm³/mol. The summed E-state index contributed by atoms with van der Waals surface area (Å²) in [6, 6.07) is 1.69. The van der Waals surface area contributed by atoms with Crippen LogP contribution in [0.25, 0.3) is 0 Å². The first-order chi connectivity index (χ1) is 11.0. The van der Waals surface area contributed by atoms with Crippen LogP contribution in [0.5, 0.6) is 0 Å². The summed E-state index contributed by atoms with van der Waals surface area (Å²) < 4.78 is 40.0. The van der Waals surface area contributed by atoms with Gasteiger partial charge < -0.3 is 9.80 Å². The molecule has 0 bridgehead atoms. The summed E-state index contributed by atoms with van der Waals surface area (Å²) in [7, 11) is 0. The van der Waals surface area contributed by atoms with Crippen LogP contribution in [0, 0.1) is 23.4 Å². The van der Waals surface area contributed by atoms with Gasteiger partial charge in [0.05, 0.1) is 5.56 Å². The summed E-state index contributed by atoms with van der Waals surface area (Å²) in [6.07, 6.45) is 2.41. The van der Waals surface area contributed by atoms with Crippen molar-refractivity contribution in [1.82, 2.24) is 9.80 Å². The first-order valence-electron chi connectivity index (χ1n) is 7.70. The van der Waals surface area contributed by atoms with Gasteiger partial charge in [-0.3, -0.25) is 9.59 Å². The molecule has 4 nitrogen and oxygen atoms in total. The van der Waals surface area contributed by atoms with Crippen molar-refractivity contribution >= 4 is 11.8 Å². The summed E-state index contributed by atoms with van der Waals surface area (Å²) >= 11 is 0. The molecule has 0 aromatic heterocycles. The van der Waals surface area contributed by atoms with Gasteiger partial charge in [0.15, 0.2) is 17.5 Å². The molecule has 1 saturated carbocycles. The highest BCUT2D eigenvalue weighted by Gasteiger charge is 2.34. The maximum atomic E-state index is 13.8. The average molecular weight is 326 g/mol. The Balaban J connectivity index is 1.71. The fourth-order valence-electron chi connectivity index (χ4n) is 2.79. The predicted octanol–water partition coefficient (Wildman–Crippen LogP) is 2.19. The second-order valence-electron chi connectivity index (χ2n) is 5.97. The zero-order valence-corrected chi connectivity index (χ0v) is 12.5. The van der Waals surface area contributed by atoms with Gasteiger partial charge in [-0.05, 0) is 31.4 Å². The van der Waals surface area contributed by atoms with Crippen molar-refractivity contribution in [3.63, 3.8) is 0 Å². The molecule has 0 spiro atoms. The molecule has 1 aromatic carbocycles. The van der Waals surface area contributed by atoms with Crippen molar-refractivity contribution in [3.8, 4) is 0 Å². The van der Waals surface area contributed by atoms with Gasteiger partial charge in [-0.25, -0.2) is 13.2 Å². The van der Waals surface area contributed by atoms with Crippen LogP contribution >= 0.6 is 0 Å². The average Bonchev–Trinajstić information content (AvgIpc) is 3.37. The minimum absolute atomic E-state index is 0.110. The number of amides is 2. The number of benzene rings is 1. The molecule has 0 N–H and O–H groups in total. The normalized spacial score (nSPS) is 18.7. The Bertz CT molecular complexity index is 646. The van der Waals surface area contributed by atoms with E-state index < -0.39 is 28.9 Å². The Hall–Kier alpha value is -2.05. The molecule has 1 aliphatic carbocycles. The highest BCUT2D eigenvalue weighted by molar-refractivity contribution is 5.94. The van der Waals surface area contributed by atoms with E-state index in [0.717, 1.165) is 25.0 Å². The molecular formula is C16H17F3N2O2. The molecule has 1 aromatic rings. The first-order valence-corrected chi connectivity index (χ1v) is 7.70. The van der Waals surface area contributed by atoms with Crippen LogP contribution in [0.1, 0.15) is 29.6 Å². The topological polar surface area (TPSA) is 40.6 Å². The van der Waals surface area contributed by atoms with E-state index in [-0.39, 0.29) is 18.4 Å². The van der Waals surface area contributed by atoms with Crippen LogP contribution in [0.3, 0.4) is 0 Å². The van der Waals surface area contributed by atoms with E-state index in [4.69, 9.17) is 0 Å². The maximum absolute atomic E-state index is 13.8. The Morgan fingerprint density at radius 1 is 0.913 bits per heavy atom. The van der Waals surface area contributed by atoms with Crippen molar-refractivity contribution in [2.45, 2.75) is 19.3 Å². The highest BCUT2D eigenvalue weighted by Crippen LogP contribution is 2.31. The number of hydrogen-bond acceptors (Lipinski definition) is 2. The molecule has 1 saturated heterocycles. The second kappa shape index (κ2) is 6.22. The molecule has 2 aliphatic rings. The minimum Gasteiger partial charge on any atom is -0.341 e. The molecule has 2 amide bonds. The van der Waals surface area contributed by atoms with Crippen LogP contribution in [-0.4, -0.2) is 47.8 Å². The molecular weight excluding hydrogens is 309 g/mol. The third kappa shape index (κ3) is 3.18. The quantitative estimate of drug-likeness (QED) is 0.782. The first kappa shape index (κ1) is 15.8. The summed E-state index contributed by atoms with van der Waals surface area (Å²) in [5.74, 6) is -4.89. The van der Waals surface area contributed by atoms with E-state index in [1.165, 1.54) is 4.90 Å². The lowest BCUT2D eigenvalue weighted by molar-refractivity contribution is -0.132. The molecule has 7 heteroatoms. The molecule has 3 rings (SSSR count). The van der Waals surface area contributed by atoms with Crippen molar-refractivity contribution in [2.75, 3.05) is 26.2 Å². The number of hydrogen-bond donors (Lipinski definition) is 0. The molecule has 0 radical (unpaired) electrons. The smallest absolute Gasteiger partial charge is 0.257 e. The number of nitrogens with zero attached hydrogens (tertiary/aromatic N) is 2. The molecule has 2 fully saturated rings. The van der Waals surface area contributed by atoms with Gasteiger partial charge in [-0.15, -0.1) is 0 Å². The van der Waals surface area contributed by atoms with E-state index in [1.807, 2.05) is 0 Å². The van der Waals surface area contributed by atoms with Crippen molar-refractivity contribution < 1.29 is 22.8 Å². The Morgan fingerprint density at radius 2 is 1.57 bits per heavy atom. The zero-order valence-electron chi connectivity index (χ0n) is 12.5. The third-order valence-electron chi connectivity index (χ3n) is 4.29. The van der Waals surface area contributed by atoms with Gasteiger partial charge >= 0.3 is 0 Å². The molecule has 23 heavy (non-hydrogen) atoms. The van der Waals surface area contributed by atoms with E-state index >= 15 is 0 Å². The summed E-state index contributed by atoms with van der Waals surface area (Å²) in [5, 5.41) is 0. The van der Waals surface area contributed by atoms with E-state index in [0.29, 0.717) is 26.1 Å². The van der Waals surface area contributed by atoms with Crippen LogP contribution in [-0.2, 0) is 4.79 Å². The lowest BCUT2D eigenvalue weighted by Crippen LogP contribution is -2.38. The van der Waals surface area contributed by atoms with Crippen molar-refractivity contribution in [3.05, 3.63) is 35.1 Å². The SMILES string of the molecule is O=C(c1ccc(F)c(F)c1F)N1CCCN(C(=O)C2CC2)CC1. The Morgan fingerprint density at radius 3 is 2.26 bits per heavy atom. The second-order valence-corrected chi connectivity index (χ2v) is 5.97. The Labute approximate surface area is 131 Å². The minimum atomic E-state index is -1.64. The number of rotatable bonds is 2. The fourth-order valence-corrected chi connectivity index (χ4v) is 2.79. The standard InChI is InChI=1S/C16H17F3N2O2/c17-12-5-4-11(13(18)14(12)19)16(23)21-7-1-6-20(8-9-21)15(22)10-2-3-10/h4-5,10H,1-3,6-9H2. The van der Waals surface area contributed by atoms with Crippen LogP contribution < -0.4 is 0 Å². The van der Waals surface area contributed by atoms with Gasteiger partial charge in [0, 0.05) is 32.1 Å². The van der Waals surface area contributed by atoms with Crippen molar-refractivity contribution in [2.24, 2.45) is 5.92 Å². The van der Waals surface area contributed by atoms with Crippen molar-refractivity contribution in [1.29, 1.82) is 0 Å². The van der Waals surface area contributed by atoms with Gasteiger partial charge in [-0.1, -0.05) is 0 Å². The molecule has 124 valence electrons. The van der Waals surface area contributed by atoms with E-state index in [1.54, 1.807) is 4.90 Å². The summed E-state index contributed by atoms with van der Waals surface area (Å²) in [6.45, 7) is 1.55. The fraction of sp³-hybridized carbons (Fsp3) is 0.500. The summed E-state index contributed by atoms with van der Waals surface area (Å²) in [5.41, 5.74) is -0.481. The van der Waals surface area contributed by atoms with Gasteiger partial charge in [0.2, 0.25) is 5.91 Å². The van der Waals surface area contributed by atoms with Crippen LogP contribution in [0.2, 0.25) is 0 Å². The molecule has 0 atom stereocenters. The van der Waals surface area contributed by atoms with Gasteiger partial charge in [0.1, 0.15) is 0 Å². The largest absolute Gasteiger partial charge is 0.341 e. The van der Waals surface area contributed by atoms with Crippen LogP contribution in [0.4, 0.5) is 13.2 Å². The maximum Gasteiger partial charge on any atom is 0.257 e. The van der Waals surface area contributed by atoms with Crippen LogP contribution in [0.15, 0.2) is 12.1 Å². The third-order valence-corrected chi connectivity index (χ3v) is 4.29. The van der Waals surface area contributed by atoms with Gasteiger partial charge in [0.25, 0.3) is 5.91 Å². The monoisotopic (exact) mass is 326 g/mol. The molecule has 1 aliphatic heterocycles. The van der Waals surface area contributed by atoms with E-state index in [2.05, 4.69) is 0 Å². The lowest BCUT2D eigenvalue weighted by Gasteiger charge is -2.22. The number of halogens is 3. The highest BCUT2D eigenvalue weighted by atomic mass is 19.2. The number of carbonyl (C=O) groups is 2.